The predicted molar refractivity (Wildman–Crippen MR) is 71.7 cm³/mol. The highest BCUT2D eigenvalue weighted by Crippen LogP contribution is 2.10. The molecule has 0 aliphatic heterocycles. The van der Waals surface area contributed by atoms with Gasteiger partial charge in [0.1, 0.15) is 5.76 Å². The highest BCUT2D eigenvalue weighted by Gasteiger charge is 2.11. The van der Waals surface area contributed by atoms with E-state index >= 15 is 0 Å². The minimum atomic E-state index is -1.05. The molecule has 1 amide bonds. The number of carbonyl (C=O) groups is 2. The molecule has 8 heteroatoms. The van der Waals surface area contributed by atoms with E-state index in [-0.39, 0.29) is 23.9 Å². The maximum atomic E-state index is 11.7. The number of carbonyl (C=O) groups excluding carboxylic acids is 1. The van der Waals surface area contributed by atoms with Gasteiger partial charge in [-0.2, -0.15) is 0 Å². The predicted octanol–water partition coefficient (Wildman–Crippen LogP) is 0.865. The van der Waals surface area contributed by atoms with Crippen molar-refractivity contribution < 1.29 is 19.1 Å². The van der Waals surface area contributed by atoms with Crippen molar-refractivity contribution in [1.29, 1.82) is 0 Å². The Morgan fingerprint density at radius 3 is 2.85 bits per heavy atom. The number of amides is 1. The van der Waals surface area contributed by atoms with Crippen LogP contribution in [0.5, 0.6) is 0 Å². The molecule has 0 aliphatic carbocycles. The molecule has 0 atom stereocenters. The number of hydrogen-bond acceptors (Lipinski definition) is 6. The van der Waals surface area contributed by atoms with Crippen LogP contribution in [0.25, 0.3) is 0 Å². The first-order valence-corrected chi connectivity index (χ1v) is 6.73. The SMILES string of the molecule is NCc1ccc(C(=O)NCCc2nc(C(=O)O)cs2)o1. The summed E-state index contributed by atoms with van der Waals surface area (Å²) in [6.45, 7) is 0.592. The molecule has 0 bridgehead atoms. The smallest absolute Gasteiger partial charge is 0.355 e. The Kier molecular flexibility index (Phi) is 4.49. The fraction of sp³-hybridized carbons (Fsp3) is 0.250. The monoisotopic (exact) mass is 295 g/mol. The van der Waals surface area contributed by atoms with Crippen molar-refractivity contribution in [3.63, 3.8) is 0 Å². The Hall–Kier alpha value is -2.19. The Balaban J connectivity index is 1.82. The lowest BCUT2D eigenvalue weighted by Gasteiger charge is -2.01. The van der Waals surface area contributed by atoms with Crippen molar-refractivity contribution in [3.8, 4) is 0 Å². The maximum absolute atomic E-state index is 11.7. The van der Waals surface area contributed by atoms with Crippen LogP contribution >= 0.6 is 11.3 Å². The van der Waals surface area contributed by atoms with Gasteiger partial charge in [-0.25, -0.2) is 9.78 Å². The van der Waals surface area contributed by atoms with Crippen LogP contribution in [0.2, 0.25) is 0 Å². The summed E-state index contributed by atoms with van der Waals surface area (Å²) in [6.07, 6.45) is 0.466. The topological polar surface area (TPSA) is 118 Å². The third-order valence-corrected chi connectivity index (χ3v) is 3.39. The lowest BCUT2D eigenvalue weighted by molar-refractivity contribution is 0.0690. The third-order valence-electron chi connectivity index (χ3n) is 2.48. The summed E-state index contributed by atoms with van der Waals surface area (Å²) in [6, 6.07) is 3.21. The van der Waals surface area contributed by atoms with Crippen molar-refractivity contribution in [1.82, 2.24) is 10.3 Å². The molecule has 0 fully saturated rings. The second-order valence-electron chi connectivity index (χ2n) is 3.91. The Bertz CT molecular complexity index is 620. The average molecular weight is 295 g/mol. The summed E-state index contributed by atoms with van der Waals surface area (Å²) in [5, 5.41) is 13.5. The van der Waals surface area contributed by atoms with E-state index < -0.39 is 5.97 Å². The molecule has 2 aromatic rings. The van der Waals surface area contributed by atoms with E-state index in [9.17, 15) is 9.59 Å². The zero-order valence-corrected chi connectivity index (χ0v) is 11.3. The number of aromatic nitrogens is 1. The highest BCUT2D eigenvalue weighted by atomic mass is 32.1. The van der Waals surface area contributed by atoms with Gasteiger partial charge in [-0.05, 0) is 12.1 Å². The van der Waals surface area contributed by atoms with Crippen LogP contribution in [0, 0.1) is 0 Å². The first-order valence-electron chi connectivity index (χ1n) is 5.85. The molecule has 0 aromatic carbocycles. The van der Waals surface area contributed by atoms with E-state index in [1.807, 2.05) is 0 Å². The minimum absolute atomic E-state index is 0.0231. The van der Waals surface area contributed by atoms with E-state index in [1.54, 1.807) is 12.1 Å². The number of carboxylic acid groups (broad SMARTS) is 1. The second kappa shape index (κ2) is 6.31. The molecule has 7 nitrogen and oxygen atoms in total. The van der Waals surface area contributed by atoms with Crippen molar-refractivity contribution >= 4 is 23.2 Å². The van der Waals surface area contributed by atoms with Crippen molar-refractivity contribution in [2.75, 3.05) is 6.54 Å². The molecule has 0 spiro atoms. The molecule has 0 radical (unpaired) electrons. The Labute approximate surface area is 118 Å². The van der Waals surface area contributed by atoms with Crippen molar-refractivity contribution in [2.24, 2.45) is 5.73 Å². The van der Waals surface area contributed by atoms with Crippen molar-refractivity contribution in [2.45, 2.75) is 13.0 Å². The molecular formula is C12H13N3O4S. The molecule has 0 unspecified atom stereocenters. The first kappa shape index (κ1) is 14.2. The van der Waals surface area contributed by atoms with Gasteiger partial charge in [-0.3, -0.25) is 4.79 Å². The fourth-order valence-corrected chi connectivity index (χ4v) is 2.28. The van der Waals surface area contributed by atoms with E-state index in [2.05, 4.69) is 10.3 Å². The van der Waals surface area contributed by atoms with Gasteiger partial charge in [0, 0.05) is 18.3 Å². The second-order valence-corrected chi connectivity index (χ2v) is 4.85. The lowest BCUT2D eigenvalue weighted by Crippen LogP contribution is -2.25. The number of aromatic carboxylic acids is 1. The summed E-state index contributed by atoms with van der Waals surface area (Å²) in [4.78, 5) is 26.3. The van der Waals surface area contributed by atoms with Crippen LogP contribution in [0.1, 0.15) is 31.8 Å². The van der Waals surface area contributed by atoms with Gasteiger partial charge in [0.05, 0.1) is 11.6 Å². The number of nitrogens with one attached hydrogen (secondary N) is 1. The average Bonchev–Trinajstić information content (AvgIpc) is 3.07. The largest absolute Gasteiger partial charge is 0.476 e. The highest BCUT2D eigenvalue weighted by molar-refractivity contribution is 7.09. The number of thiazole rings is 1. The molecule has 4 N–H and O–H groups in total. The molecule has 20 heavy (non-hydrogen) atoms. The normalized spacial score (nSPS) is 10.4. The molecule has 2 aromatic heterocycles. The van der Waals surface area contributed by atoms with Gasteiger partial charge in [0.15, 0.2) is 11.5 Å². The molecule has 0 saturated heterocycles. The number of carboxylic acids is 1. The summed E-state index contributed by atoms with van der Waals surface area (Å²) < 4.78 is 5.21. The van der Waals surface area contributed by atoms with Crippen LogP contribution < -0.4 is 11.1 Å². The van der Waals surface area contributed by atoms with E-state index in [0.29, 0.717) is 23.7 Å². The van der Waals surface area contributed by atoms with E-state index in [0.717, 1.165) is 0 Å². The molecule has 2 heterocycles. The Morgan fingerprint density at radius 1 is 1.45 bits per heavy atom. The molecule has 0 saturated carbocycles. The fourth-order valence-electron chi connectivity index (χ4n) is 1.50. The van der Waals surface area contributed by atoms with Crippen LogP contribution in [-0.2, 0) is 13.0 Å². The van der Waals surface area contributed by atoms with Crippen LogP contribution in [-0.4, -0.2) is 28.5 Å². The summed E-state index contributed by atoms with van der Waals surface area (Å²) in [5.74, 6) is -0.641. The number of nitrogens with two attached hydrogens (primary N) is 1. The Morgan fingerprint density at radius 2 is 2.25 bits per heavy atom. The van der Waals surface area contributed by atoms with Crippen molar-refractivity contribution in [3.05, 3.63) is 39.7 Å². The van der Waals surface area contributed by atoms with Gasteiger partial charge < -0.3 is 20.6 Å². The zero-order chi connectivity index (χ0) is 14.5. The third kappa shape index (κ3) is 3.43. The number of hydrogen-bond donors (Lipinski definition) is 3. The van der Waals surface area contributed by atoms with Crippen LogP contribution in [0.15, 0.2) is 21.9 Å². The molecular weight excluding hydrogens is 282 g/mol. The molecule has 2 rings (SSSR count). The van der Waals surface area contributed by atoms with Gasteiger partial charge >= 0.3 is 5.97 Å². The zero-order valence-electron chi connectivity index (χ0n) is 10.5. The molecule has 0 aliphatic rings. The van der Waals surface area contributed by atoms with Crippen LogP contribution in [0.3, 0.4) is 0 Å². The van der Waals surface area contributed by atoms with Gasteiger partial charge in [-0.1, -0.05) is 0 Å². The summed E-state index contributed by atoms with van der Waals surface area (Å²) in [7, 11) is 0. The van der Waals surface area contributed by atoms with E-state index in [4.69, 9.17) is 15.3 Å². The van der Waals surface area contributed by atoms with Gasteiger partial charge in [0.25, 0.3) is 5.91 Å². The van der Waals surface area contributed by atoms with Gasteiger partial charge in [-0.15, -0.1) is 11.3 Å². The standard InChI is InChI=1S/C12H13N3O4S/c13-5-7-1-2-9(19-7)11(16)14-4-3-10-15-8(6-20-10)12(17)18/h1-2,6H,3-5,13H2,(H,14,16)(H,17,18). The maximum Gasteiger partial charge on any atom is 0.355 e. The lowest BCUT2D eigenvalue weighted by atomic mass is 10.4. The van der Waals surface area contributed by atoms with Crippen LogP contribution in [0.4, 0.5) is 0 Å². The molecule has 106 valence electrons. The summed E-state index contributed by atoms with van der Waals surface area (Å²) >= 11 is 1.25. The first-order chi connectivity index (χ1) is 9.60. The number of furan rings is 1. The number of nitrogens with zero attached hydrogens (tertiary/aromatic N) is 1. The quantitative estimate of drug-likeness (QED) is 0.727. The minimum Gasteiger partial charge on any atom is -0.476 e. The van der Waals surface area contributed by atoms with Gasteiger partial charge in [0.2, 0.25) is 0 Å². The summed E-state index contributed by atoms with van der Waals surface area (Å²) in [5.41, 5.74) is 5.41. The number of rotatable bonds is 6. The van der Waals surface area contributed by atoms with E-state index in [1.165, 1.54) is 16.7 Å².